The molecule has 4 nitrogen and oxygen atoms in total. The van der Waals surface area contributed by atoms with E-state index in [2.05, 4.69) is 13.0 Å². The van der Waals surface area contributed by atoms with Crippen molar-refractivity contribution >= 4 is 21.4 Å². The molecule has 3 aromatic rings. The summed E-state index contributed by atoms with van der Waals surface area (Å²) in [5.41, 5.74) is 10.1. The Kier molecular flexibility index (Phi) is 6.05. The highest BCUT2D eigenvalue weighted by Gasteiger charge is 2.26. The van der Waals surface area contributed by atoms with Crippen molar-refractivity contribution in [3.05, 3.63) is 78.4 Å². The van der Waals surface area contributed by atoms with Gasteiger partial charge in [-0.15, -0.1) is 0 Å². The molecule has 28 heavy (non-hydrogen) atoms. The second-order valence-electron chi connectivity index (χ2n) is 6.70. The van der Waals surface area contributed by atoms with Gasteiger partial charge < -0.3 is 5.73 Å². The minimum atomic E-state index is -3.71. The summed E-state index contributed by atoms with van der Waals surface area (Å²) in [6.07, 6.45) is 1.75. The number of benzene rings is 3. The first-order valence-electron chi connectivity index (χ1n) is 9.54. The summed E-state index contributed by atoms with van der Waals surface area (Å²) in [6.45, 7) is 4.29. The number of rotatable bonds is 7. The van der Waals surface area contributed by atoms with Crippen LogP contribution in [-0.4, -0.2) is 15.0 Å². The molecule has 0 atom stereocenters. The molecule has 5 heteroatoms. The van der Waals surface area contributed by atoms with Crippen molar-refractivity contribution in [3.63, 3.8) is 0 Å². The van der Waals surface area contributed by atoms with E-state index in [-0.39, 0.29) is 4.90 Å². The highest BCUT2D eigenvalue weighted by molar-refractivity contribution is 7.92. The molecule has 3 rings (SSSR count). The molecule has 0 radical (unpaired) electrons. The van der Waals surface area contributed by atoms with Crippen LogP contribution in [0.3, 0.4) is 0 Å². The van der Waals surface area contributed by atoms with E-state index in [0.29, 0.717) is 12.2 Å². The molecule has 0 aromatic heterocycles. The zero-order valence-corrected chi connectivity index (χ0v) is 17.1. The number of hydrogen-bond donors (Lipinski definition) is 1. The van der Waals surface area contributed by atoms with Gasteiger partial charge in [0.05, 0.1) is 10.6 Å². The predicted molar refractivity (Wildman–Crippen MR) is 117 cm³/mol. The van der Waals surface area contributed by atoms with Crippen LogP contribution in [0.2, 0.25) is 0 Å². The highest BCUT2D eigenvalue weighted by Crippen LogP contribution is 2.33. The first-order chi connectivity index (χ1) is 13.5. The van der Waals surface area contributed by atoms with Crippen LogP contribution in [0.15, 0.2) is 77.7 Å². The van der Waals surface area contributed by atoms with Crippen molar-refractivity contribution in [1.29, 1.82) is 0 Å². The third-order valence-corrected chi connectivity index (χ3v) is 6.60. The standard InChI is InChI=1S/C23H26N2O2S/c1-3-9-19-14-15-20(18-10-6-5-7-11-18)16-23(19)25(4-2)28(26,27)22-13-8-12-21(24)17-22/h5-8,10-17H,3-4,9,24H2,1-2H3. The van der Waals surface area contributed by atoms with E-state index in [1.54, 1.807) is 18.2 Å². The summed E-state index contributed by atoms with van der Waals surface area (Å²) in [6, 6.07) is 22.5. The number of hydrogen-bond acceptors (Lipinski definition) is 3. The van der Waals surface area contributed by atoms with Gasteiger partial charge in [0.2, 0.25) is 0 Å². The van der Waals surface area contributed by atoms with Crippen molar-refractivity contribution in [2.75, 3.05) is 16.6 Å². The molecule has 0 aliphatic heterocycles. The maximum atomic E-state index is 13.4. The maximum absolute atomic E-state index is 13.4. The molecule has 0 unspecified atom stereocenters. The van der Waals surface area contributed by atoms with Crippen LogP contribution in [-0.2, 0) is 16.4 Å². The summed E-state index contributed by atoms with van der Waals surface area (Å²) in [4.78, 5) is 0.210. The third-order valence-electron chi connectivity index (χ3n) is 4.71. The number of sulfonamides is 1. The number of nitrogens with zero attached hydrogens (tertiary/aromatic N) is 1. The topological polar surface area (TPSA) is 63.4 Å². The van der Waals surface area contributed by atoms with Gasteiger partial charge in [0.15, 0.2) is 0 Å². The average Bonchev–Trinajstić information content (AvgIpc) is 2.70. The molecule has 146 valence electrons. The summed E-state index contributed by atoms with van der Waals surface area (Å²) in [5, 5.41) is 0. The Labute approximate surface area is 167 Å². The zero-order chi connectivity index (χ0) is 20.1. The second kappa shape index (κ2) is 8.48. The van der Waals surface area contributed by atoms with Crippen LogP contribution < -0.4 is 10.0 Å². The van der Waals surface area contributed by atoms with Crippen LogP contribution in [0.5, 0.6) is 0 Å². The van der Waals surface area contributed by atoms with Crippen LogP contribution in [0.1, 0.15) is 25.8 Å². The SMILES string of the molecule is CCCc1ccc(-c2ccccc2)cc1N(CC)S(=O)(=O)c1cccc(N)c1. The molecule has 0 bridgehead atoms. The summed E-state index contributed by atoms with van der Waals surface area (Å²) in [7, 11) is -3.71. The second-order valence-corrected chi connectivity index (χ2v) is 8.56. The number of nitrogens with two attached hydrogens (primary N) is 1. The lowest BCUT2D eigenvalue weighted by Gasteiger charge is -2.26. The molecule has 0 spiro atoms. The number of anilines is 2. The summed E-state index contributed by atoms with van der Waals surface area (Å²) >= 11 is 0. The quantitative estimate of drug-likeness (QED) is 0.567. The molecule has 0 heterocycles. The highest BCUT2D eigenvalue weighted by atomic mass is 32.2. The Morgan fingerprint density at radius 1 is 0.857 bits per heavy atom. The van der Waals surface area contributed by atoms with E-state index < -0.39 is 10.0 Å². The van der Waals surface area contributed by atoms with Gasteiger partial charge in [0.1, 0.15) is 0 Å². The first-order valence-corrected chi connectivity index (χ1v) is 11.0. The summed E-state index contributed by atoms with van der Waals surface area (Å²) < 4.78 is 28.3. The van der Waals surface area contributed by atoms with Crippen molar-refractivity contribution in [3.8, 4) is 11.1 Å². The van der Waals surface area contributed by atoms with Crippen LogP contribution >= 0.6 is 0 Å². The number of nitrogen functional groups attached to an aromatic ring is 1. The van der Waals surface area contributed by atoms with Gasteiger partial charge in [-0.25, -0.2) is 8.42 Å². The fourth-order valence-electron chi connectivity index (χ4n) is 3.36. The summed E-state index contributed by atoms with van der Waals surface area (Å²) in [5.74, 6) is 0. The van der Waals surface area contributed by atoms with Gasteiger partial charge in [-0.1, -0.05) is 61.9 Å². The smallest absolute Gasteiger partial charge is 0.264 e. The van der Waals surface area contributed by atoms with E-state index in [1.807, 2.05) is 49.4 Å². The van der Waals surface area contributed by atoms with Gasteiger partial charge in [-0.2, -0.15) is 0 Å². The zero-order valence-electron chi connectivity index (χ0n) is 16.3. The Morgan fingerprint density at radius 2 is 1.61 bits per heavy atom. The van der Waals surface area contributed by atoms with E-state index in [9.17, 15) is 8.42 Å². The minimum Gasteiger partial charge on any atom is -0.399 e. The van der Waals surface area contributed by atoms with E-state index in [4.69, 9.17) is 5.73 Å². The fraction of sp³-hybridized carbons (Fsp3) is 0.217. The predicted octanol–water partition coefficient (Wildman–Crippen LogP) is 5.10. The Hall–Kier alpha value is -2.79. The Morgan fingerprint density at radius 3 is 2.25 bits per heavy atom. The monoisotopic (exact) mass is 394 g/mol. The van der Waals surface area contributed by atoms with Crippen LogP contribution in [0, 0.1) is 0 Å². The van der Waals surface area contributed by atoms with Gasteiger partial charge in [0.25, 0.3) is 10.0 Å². The van der Waals surface area contributed by atoms with Gasteiger partial charge in [0, 0.05) is 12.2 Å². The molecule has 0 aliphatic carbocycles. The van der Waals surface area contributed by atoms with Gasteiger partial charge >= 0.3 is 0 Å². The lowest BCUT2D eigenvalue weighted by atomic mass is 10.00. The lowest BCUT2D eigenvalue weighted by Crippen LogP contribution is -2.31. The molecule has 0 saturated carbocycles. The van der Waals surface area contributed by atoms with Gasteiger partial charge in [-0.3, -0.25) is 4.31 Å². The minimum absolute atomic E-state index is 0.210. The molecule has 0 saturated heterocycles. The van der Waals surface area contributed by atoms with Crippen molar-refractivity contribution in [2.45, 2.75) is 31.6 Å². The molecule has 0 aliphatic rings. The molecule has 2 N–H and O–H groups in total. The molecule has 3 aromatic carbocycles. The number of aryl methyl sites for hydroxylation is 1. The average molecular weight is 395 g/mol. The van der Waals surface area contributed by atoms with E-state index in [1.165, 1.54) is 10.4 Å². The Bertz CT molecular complexity index is 1050. The largest absolute Gasteiger partial charge is 0.399 e. The first kappa shape index (κ1) is 20.0. The van der Waals surface area contributed by atoms with Crippen molar-refractivity contribution < 1.29 is 8.42 Å². The van der Waals surface area contributed by atoms with Crippen LogP contribution in [0.25, 0.3) is 11.1 Å². The van der Waals surface area contributed by atoms with E-state index in [0.717, 1.165) is 35.2 Å². The maximum Gasteiger partial charge on any atom is 0.264 e. The van der Waals surface area contributed by atoms with Crippen molar-refractivity contribution in [2.24, 2.45) is 0 Å². The molecular formula is C23H26N2O2S. The van der Waals surface area contributed by atoms with E-state index >= 15 is 0 Å². The normalized spacial score (nSPS) is 11.4. The lowest BCUT2D eigenvalue weighted by molar-refractivity contribution is 0.591. The molecular weight excluding hydrogens is 368 g/mol. The third kappa shape index (κ3) is 4.04. The van der Waals surface area contributed by atoms with Crippen LogP contribution in [0.4, 0.5) is 11.4 Å². The fourth-order valence-corrected chi connectivity index (χ4v) is 4.92. The Balaban J connectivity index is 2.15. The molecule has 0 fully saturated rings. The molecule has 0 amide bonds. The van der Waals surface area contributed by atoms with Crippen molar-refractivity contribution in [1.82, 2.24) is 0 Å². The van der Waals surface area contributed by atoms with Gasteiger partial charge in [-0.05, 0) is 54.3 Å².